The standard InChI is InChI=1S/C9H12N2O2/c1-6(11-9(10)13)7-3-2-4-8(12)5-7/h2-6,12H,1H3,(H3,10,11,13)/t6-/m0/s1. The fourth-order valence-electron chi connectivity index (χ4n) is 1.09. The van der Waals surface area contributed by atoms with Crippen LogP contribution in [0.5, 0.6) is 5.75 Å². The molecule has 0 aliphatic carbocycles. The van der Waals surface area contributed by atoms with Crippen molar-refractivity contribution in [2.45, 2.75) is 13.0 Å². The number of hydrogen-bond acceptors (Lipinski definition) is 2. The number of carbonyl (C=O) groups excluding carboxylic acids is 1. The van der Waals surface area contributed by atoms with E-state index in [1.807, 2.05) is 0 Å². The third-order valence-corrected chi connectivity index (χ3v) is 1.73. The van der Waals surface area contributed by atoms with Crippen LogP contribution in [-0.4, -0.2) is 11.1 Å². The van der Waals surface area contributed by atoms with E-state index in [0.29, 0.717) is 0 Å². The van der Waals surface area contributed by atoms with Crippen LogP contribution in [0.3, 0.4) is 0 Å². The van der Waals surface area contributed by atoms with E-state index in [1.54, 1.807) is 31.2 Å². The number of nitrogens with two attached hydrogens (primary N) is 1. The summed E-state index contributed by atoms with van der Waals surface area (Å²) in [6.07, 6.45) is 0. The maximum atomic E-state index is 10.5. The van der Waals surface area contributed by atoms with Gasteiger partial charge in [-0.15, -0.1) is 0 Å². The van der Waals surface area contributed by atoms with Gasteiger partial charge in [0.1, 0.15) is 5.75 Å². The molecule has 0 fully saturated rings. The third-order valence-electron chi connectivity index (χ3n) is 1.73. The molecule has 0 saturated carbocycles. The number of carbonyl (C=O) groups is 1. The molecule has 0 saturated heterocycles. The van der Waals surface area contributed by atoms with Crippen LogP contribution in [0.1, 0.15) is 18.5 Å². The molecule has 0 heterocycles. The van der Waals surface area contributed by atoms with Crippen molar-refractivity contribution in [1.29, 1.82) is 0 Å². The lowest BCUT2D eigenvalue weighted by Crippen LogP contribution is -2.31. The average Bonchev–Trinajstić information content (AvgIpc) is 2.03. The largest absolute Gasteiger partial charge is 0.508 e. The molecule has 1 aromatic rings. The minimum atomic E-state index is -0.573. The molecule has 4 heteroatoms. The first kappa shape index (κ1) is 9.38. The summed E-state index contributed by atoms with van der Waals surface area (Å²) in [5.41, 5.74) is 5.77. The predicted molar refractivity (Wildman–Crippen MR) is 49.2 cm³/mol. The Bertz CT molecular complexity index is 312. The molecule has 4 nitrogen and oxygen atoms in total. The Hall–Kier alpha value is -1.71. The summed E-state index contributed by atoms with van der Waals surface area (Å²) in [5.74, 6) is 0.177. The lowest BCUT2D eigenvalue weighted by molar-refractivity contribution is 0.246. The summed E-state index contributed by atoms with van der Waals surface area (Å²) in [5, 5.41) is 11.7. The summed E-state index contributed by atoms with van der Waals surface area (Å²) >= 11 is 0. The van der Waals surface area contributed by atoms with Crippen LogP contribution in [-0.2, 0) is 0 Å². The topological polar surface area (TPSA) is 75.3 Å². The Labute approximate surface area is 76.4 Å². The van der Waals surface area contributed by atoms with Gasteiger partial charge in [0.15, 0.2) is 0 Å². The summed E-state index contributed by atoms with van der Waals surface area (Å²) in [4.78, 5) is 10.5. The first-order valence-electron chi connectivity index (χ1n) is 3.94. The van der Waals surface area contributed by atoms with Gasteiger partial charge in [-0.25, -0.2) is 4.79 Å². The fourth-order valence-corrected chi connectivity index (χ4v) is 1.09. The number of rotatable bonds is 2. The third kappa shape index (κ3) is 2.66. The van der Waals surface area contributed by atoms with Crippen LogP contribution < -0.4 is 11.1 Å². The quantitative estimate of drug-likeness (QED) is 0.638. The van der Waals surface area contributed by atoms with Crippen LogP contribution in [0.4, 0.5) is 4.79 Å². The second-order valence-electron chi connectivity index (χ2n) is 2.83. The zero-order valence-corrected chi connectivity index (χ0v) is 7.32. The van der Waals surface area contributed by atoms with Crippen molar-refractivity contribution in [3.05, 3.63) is 29.8 Å². The lowest BCUT2D eigenvalue weighted by atomic mass is 10.1. The van der Waals surface area contributed by atoms with Crippen molar-refractivity contribution in [1.82, 2.24) is 5.32 Å². The van der Waals surface area contributed by atoms with Crippen molar-refractivity contribution in [3.63, 3.8) is 0 Å². The van der Waals surface area contributed by atoms with E-state index in [4.69, 9.17) is 10.8 Å². The molecule has 70 valence electrons. The van der Waals surface area contributed by atoms with E-state index in [-0.39, 0.29) is 11.8 Å². The number of nitrogens with one attached hydrogen (secondary N) is 1. The molecule has 1 atom stereocenters. The second-order valence-corrected chi connectivity index (χ2v) is 2.83. The van der Waals surface area contributed by atoms with Gasteiger partial charge in [-0.05, 0) is 24.6 Å². The van der Waals surface area contributed by atoms with Crippen LogP contribution in [0.15, 0.2) is 24.3 Å². The zero-order chi connectivity index (χ0) is 9.84. The van der Waals surface area contributed by atoms with E-state index in [9.17, 15) is 4.79 Å². The van der Waals surface area contributed by atoms with Crippen molar-refractivity contribution in [2.24, 2.45) is 5.73 Å². The molecule has 4 N–H and O–H groups in total. The highest BCUT2D eigenvalue weighted by Crippen LogP contribution is 2.17. The van der Waals surface area contributed by atoms with Gasteiger partial charge in [0.25, 0.3) is 0 Å². The summed E-state index contributed by atoms with van der Waals surface area (Å²) in [6, 6.07) is 5.91. The fraction of sp³-hybridized carbons (Fsp3) is 0.222. The van der Waals surface area contributed by atoms with E-state index in [1.165, 1.54) is 0 Å². The Morgan fingerprint density at radius 3 is 2.85 bits per heavy atom. The molecule has 0 bridgehead atoms. The smallest absolute Gasteiger partial charge is 0.312 e. The zero-order valence-electron chi connectivity index (χ0n) is 7.32. The van der Waals surface area contributed by atoms with E-state index in [0.717, 1.165) is 5.56 Å². The highest BCUT2D eigenvalue weighted by Gasteiger charge is 2.06. The molecular weight excluding hydrogens is 168 g/mol. The summed E-state index contributed by atoms with van der Waals surface area (Å²) in [7, 11) is 0. The molecule has 1 aromatic carbocycles. The van der Waals surface area contributed by atoms with Gasteiger partial charge < -0.3 is 16.2 Å². The normalized spacial score (nSPS) is 12.1. The molecule has 1 rings (SSSR count). The monoisotopic (exact) mass is 180 g/mol. The van der Waals surface area contributed by atoms with Crippen LogP contribution in [0, 0.1) is 0 Å². The average molecular weight is 180 g/mol. The lowest BCUT2D eigenvalue weighted by Gasteiger charge is -2.12. The predicted octanol–water partition coefficient (Wildman–Crippen LogP) is 1.12. The molecule has 0 aromatic heterocycles. The van der Waals surface area contributed by atoms with Gasteiger partial charge in [0.2, 0.25) is 0 Å². The number of urea groups is 1. The minimum absolute atomic E-state index is 0.177. The van der Waals surface area contributed by atoms with Gasteiger partial charge in [-0.3, -0.25) is 0 Å². The maximum Gasteiger partial charge on any atom is 0.312 e. The number of primary amides is 1. The summed E-state index contributed by atoms with van der Waals surface area (Å²) < 4.78 is 0. The number of phenols is 1. The molecule has 0 aliphatic rings. The Kier molecular flexibility index (Phi) is 2.74. The van der Waals surface area contributed by atoms with E-state index >= 15 is 0 Å². The molecule has 0 aliphatic heterocycles. The van der Waals surface area contributed by atoms with Gasteiger partial charge in [-0.1, -0.05) is 12.1 Å². The van der Waals surface area contributed by atoms with Gasteiger partial charge in [0, 0.05) is 0 Å². The van der Waals surface area contributed by atoms with Crippen molar-refractivity contribution in [2.75, 3.05) is 0 Å². The molecular formula is C9H12N2O2. The van der Waals surface area contributed by atoms with Crippen LogP contribution >= 0.6 is 0 Å². The number of amides is 2. The second kappa shape index (κ2) is 3.80. The first-order valence-corrected chi connectivity index (χ1v) is 3.94. The highest BCUT2D eigenvalue weighted by molar-refractivity contribution is 5.72. The highest BCUT2D eigenvalue weighted by atomic mass is 16.3. The van der Waals surface area contributed by atoms with Crippen LogP contribution in [0.2, 0.25) is 0 Å². The van der Waals surface area contributed by atoms with Crippen molar-refractivity contribution >= 4 is 6.03 Å². The number of phenolic OH excluding ortho intramolecular Hbond substituents is 1. The van der Waals surface area contributed by atoms with Crippen LogP contribution in [0.25, 0.3) is 0 Å². The molecule has 0 radical (unpaired) electrons. The van der Waals surface area contributed by atoms with Gasteiger partial charge in [-0.2, -0.15) is 0 Å². The number of aromatic hydroxyl groups is 1. The first-order chi connectivity index (χ1) is 6.09. The molecule has 0 spiro atoms. The van der Waals surface area contributed by atoms with Crippen molar-refractivity contribution in [3.8, 4) is 5.75 Å². The molecule has 2 amide bonds. The Balaban J connectivity index is 2.76. The molecule has 13 heavy (non-hydrogen) atoms. The maximum absolute atomic E-state index is 10.5. The van der Waals surface area contributed by atoms with E-state index < -0.39 is 6.03 Å². The minimum Gasteiger partial charge on any atom is -0.508 e. The van der Waals surface area contributed by atoms with Gasteiger partial charge in [0.05, 0.1) is 6.04 Å². The van der Waals surface area contributed by atoms with Gasteiger partial charge >= 0.3 is 6.03 Å². The van der Waals surface area contributed by atoms with Crippen molar-refractivity contribution < 1.29 is 9.90 Å². The Morgan fingerprint density at radius 2 is 2.31 bits per heavy atom. The Morgan fingerprint density at radius 1 is 1.62 bits per heavy atom. The summed E-state index contributed by atoms with van der Waals surface area (Å²) in [6.45, 7) is 1.79. The number of hydrogen-bond donors (Lipinski definition) is 3. The number of benzene rings is 1. The van der Waals surface area contributed by atoms with E-state index in [2.05, 4.69) is 5.32 Å². The molecule has 0 unspecified atom stereocenters. The SMILES string of the molecule is C[C@H](NC(N)=O)c1cccc(O)c1.